The monoisotopic (exact) mass is 226 g/mol. The molecule has 0 aliphatic carbocycles. The van der Waals surface area contributed by atoms with Gasteiger partial charge in [-0.3, -0.25) is 0 Å². The van der Waals surface area contributed by atoms with E-state index in [1.807, 2.05) is 32.0 Å². The van der Waals surface area contributed by atoms with Crippen molar-refractivity contribution in [1.29, 1.82) is 0 Å². The summed E-state index contributed by atoms with van der Waals surface area (Å²) >= 11 is 0. The van der Waals surface area contributed by atoms with Crippen LogP contribution >= 0.6 is 0 Å². The van der Waals surface area contributed by atoms with E-state index < -0.39 is 6.10 Å². The molecule has 0 fully saturated rings. The molecule has 16 heavy (non-hydrogen) atoms. The number of nitrogens with one attached hydrogen (secondary N) is 1. The van der Waals surface area contributed by atoms with Crippen LogP contribution < -0.4 is 5.32 Å². The zero-order valence-electron chi connectivity index (χ0n) is 10.00. The first kappa shape index (κ1) is 12.9. The van der Waals surface area contributed by atoms with Gasteiger partial charge >= 0.3 is 0 Å². The third-order valence-corrected chi connectivity index (χ3v) is 2.31. The van der Waals surface area contributed by atoms with Crippen molar-refractivity contribution in [3.63, 3.8) is 0 Å². The van der Waals surface area contributed by atoms with Gasteiger partial charge in [-0.15, -0.1) is 0 Å². The van der Waals surface area contributed by atoms with Gasteiger partial charge in [0.2, 0.25) is 0 Å². The highest BCUT2D eigenvalue weighted by Crippen LogP contribution is 2.18. The van der Waals surface area contributed by atoms with Crippen molar-refractivity contribution in [2.24, 2.45) is 0 Å². The highest BCUT2D eigenvalue weighted by molar-refractivity contribution is 5.51. The normalized spacial score (nSPS) is 12.9. The van der Waals surface area contributed by atoms with Gasteiger partial charge in [-0.25, -0.2) is 4.39 Å². The molecular formula is C12H19FN2O. The number of aryl methyl sites for hydroxylation is 1. The molecule has 0 heterocycles. The number of halogens is 1. The zero-order chi connectivity index (χ0) is 12.1. The lowest BCUT2D eigenvalue weighted by atomic mass is 10.2. The van der Waals surface area contributed by atoms with Crippen molar-refractivity contribution in [2.45, 2.75) is 13.0 Å². The average Bonchev–Trinajstić information content (AvgIpc) is 2.15. The summed E-state index contributed by atoms with van der Waals surface area (Å²) in [5.41, 5.74) is 1.32. The first-order chi connectivity index (χ1) is 7.50. The standard InChI is InChI=1S/C12H19FN2O/c1-9-5-4-6-11(13)12(9)14-7-10(16)8-15(2)3/h4-6,10,14,16H,7-8H2,1-3H3. The highest BCUT2D eigenvalue weighted by atomic mass is 19.1. The Balaban J connectivity index is 2.54. The number of anilines is 1. The van der Waals surface area contributed by atoms with Gasteiger partial charge in [0, 0.05) is 13.1 Å². The molecule has 0 saturated carbocycles. The van der Waals surface area contributed by atoms with Gasteiger partial charge in [-0.2, -0.15) is 0 Å². The molecule has 0 bridgehead atoms. The number of aliphatic hydroxyl groups excluding tert-OH is 1. The van der Waals surface area contributed by atoms with Gasteiger partial charge in [0.1, 0.15) is 5.82 Å². The van der Waals surface area contributed by atoms with Crippen molar-refractivity contribution in [3.05, 3.63) is 29.6 Å². The molecule has 1 aromatic carbocycles. The number of aliphatic hydroxyl groups is 1. The number of nitrogens with zero attached hydrogens (tertiary/aromatic N) is 1. The fraction of sp³-hybridized carbons (Fsp3) is 0.500. The topological polar surface area (TPSA) is 35.5 Å². The zero-order valence-corrected chi connectivity index (χ0v) is 10.00. The first-order valence-corrected chi connectivity index (χ1v) is 5.32. The summed E-state index contributed by atoms with van der Waals surface area (Å²) in [6.07, 6.45) is -0.506. The summed E-state index contributed by atoms with van der Waals surface area (Å²) < 4.78 is 13.4. The molecule has 0 aliphatic heterocycles. The number of likely N-dealkylation sites (N-methyl/N-ethyl adjacent to an activating group) is 1. The van der Waals surface area contributed by atoms with Crippen LogP contribution in [-0.2, 0) is 0 Å². The Morgan fingerprint density at radius 3 is 2.69 bits per heavy atom. The fourth-order valence-corrected chi connectivity index (χ4v) is 1.56. The van der Waals surface area contributed by atoms with Crippen LogP contribution in [0.2, 0.25) is 0 Å². The average molecular weight is 226 g/mol. The van der Waals surface area contributed by atoms with E-state index in [1.54, 1.807) is 6.07 Å². The maximum atomic E-state index is 13.4. The summed E-state index contributed by atoms with van der Waals surface area (Å²) in [4.78, 5) is 1.89. The summed E-state index contributed by atoms with van der Waals surface area (Å²) in [7, 11) is 3.77. The fourth-order valence-electron chi connectivity index (χ4n) is 1.56. The molecule has 0 saturated heterocycles. The maximum absolute atomic E-state index is 13.4. The molecule has 4 heteroatoms. The van der Waals surface area contributed by atoms with Crippen molar-refractivity contribution < 1.29 is 9.50 Å². The molecule has 1 rings (SSSR count). The highest BCUT2D eigenvalue weighted by Gasteiger charge is 2.08. The Labute approximate surface area is 95.9 Å². The molecule has 0 aliphatic rings. The van der Waals surface area contributed by atoms with Gasteiger partial charge in [-0.1, -0.05) is 12.1 Å². The molecule has 0 amide bonds. The van der Waals surface area contributed by atoms with Crippen LogP contribution in [0.25, 0.3) is 0 Å². The Morgan fingerprint density at radius 1 is 1.44 bits per heavy atom. The lowest BCUT2D eigenvalue weighted by Gasteiger charge is -2.18. The minimum atomic E-state index is -0.506. The van der Waals surface area contributed by atoms with Crippen LogP contribution in [0.4, 0.5) is 10.1 Å². The molecule has 1 atom stereocenters. The van der Waals surface area contributed by atoms with Crippen LogP contribution in [0.1, 0.15) is 5.56 Å². The van der Waals surface area contributed by atoms with Crippen molar-refractivity contribution in [1.82, 2.24) is 4.90 Å². The third-order valence-electron chi connectivity index (χ3n) is 2.31. The number of benzene rings is 1. The predicted octanol–water partition coefficient (Wildman–Crippen LogP) is 1.47. The van der Waals surface area contributed by atoms with Crippen molar-refractivity contribution in [3.8, 4) is 0 Å². The van der Waals surface area contributed by atoms with E-state index >= 15 is 0 Å². The van der Waals surface area contributed by atoms with Gasteiger partial charge in [0.15, 0.2) is 0 Å². The Bertz CT molecular complexity index is 322. The van der Waals surface area contributed by atoms with Gasteiger partial charge in [0.25, 0.3) is 0 Å². The SMILES string of the molecule is Cc1cccc(F)c1NCC(O)CN(C)C. The number of para-hydroxylation sites is 1. The first-order valence-electron chi connectivity index (χ1n) is 5.32. The van der Waals surface area contributed by atoms with Gasteiger partial charge in [0.05, 0.1) is 11.8 Å². The van der Waals surface area contributed by atoms with Crippen LogP contribution in [-0.4, -0.2) is 43.3 Å². The molecule has 90 valence electrons. The lowest BCUT2D eigenvalue weighted by Crippen LogP contribution is -2.31. The molecule has 0 spiro atoms. The second kappa shape index (κ2) is 5.82. The molecule has 3 nitrogen and oxygen atoms in total. The molecule has 0 aromatic heterocycles. The summed E-state index contributed by atoms with van der Waals surface area (Å²) in [5.74, 6) is -0.281. The van der Waals surface area contributed by atoms with Gasteiger partial charge < -0.3 is 15.3 Å². The largest absolute Gasteiger partial charge is 0.390 e. The van der Waals surface area contributed by atoms with Crippen LogP contribution in [0.3, 0.4) is 0 Å². The van der Waals surface area contributed by atoms with E-state index in [4.69, 9.17) is 0 Å². The minimum absolute atomic E-state index is 0.281. The van der Waals surface area contributed by atoms with E-state index in [1.165, 1.54) is 6.07 Å². The third kappa shape index (κ3) is 3.79. The van der Waals surface area contributed by atoms with E-state index in [-0.39, 0.29) is 5.82 Å². The molecule has 0 radical (unpaired) electrons. The molecule has 1 aromatic rings. The smallest absolute Gasteiger partial charge is 0.146 e. The Morgan fingerprint density at radius 2 is 2.12 bits per heavy atom. The summed E-state index contributed by atoms with van der Waals surface area (Å²) in [5, 5.41) is 12.6. The minimum Gasteiger partial charge on any atom is -0.390 e. The Hall–Kier alpha value is -1.13. The summed E-state index contributed by atoms with van der Waals surface area (Å²) in [6.45, 7) is 2.74. The predicted molar refractivity (Wildman–Crippen MR) is 64.2 cm³/mol. The van der Waals surface area contributed by atoms with E-state index in [9.17, 15) is 9.50 Å². The molecule has 1 unspecified atom stereocenters. The van der Waals surface area contributed by atoms with E-state index in [2.05, 4.69) is 5.32 Å². The molecular weight excluding hydrogens is 207 g/mol. The van der Waals surface area contributed by atoms with Crippen LogP contribution in [0.5, 0.6) is 0 Å². The van der Waals surface area contributed by atoms with Gasteiger partial charge in [-0.05, 0) is 32.6 Å². The molecule has 2 N–H and O–H groups in total. The number of hydrogen-bond donors (Lipinski definition) is 2. The van der Waals surface area contributed by atoms with Crippen LogP contribution in [0.15, 0.2) is 18.2 Å². The Kier molecular flexibility index (Phi) is 4.71. The summed E-state index contributed by atoms with van der Waals surface area (Å²) in [6, 6.07) is 4.92. The van der Waals surface area contributed by atoms with E-state index in [0.29, 0.717) is 18.8 Å². The van der Waals surface area contributed by atoms with Crippen molar-refractivity contribution in [2.75, 3.05) is 32.5 Å². The van der Waals surface area contributed by atoms with Crippen LogP contribution in [0, 0.1) is 12.7 Å². The van der Waals surface area contributed by atoms with Crippen molar-refractivity contribution >= 4 is 5.69 Å². The van der Waals surface area contributed by atoms with E-state index in [0.717, 1.165) is 5.56 Å². The maximum Gasteiger partial charge on any atom is 0.146 e. The number of hydrogen-bond acceptors (Lipinski definition) is 3. The second-order valence-electron chi connectivity index (χ2n) is 4.23. The quantitative estimate of drug-likeness (QED) is 0.798. The second-order valence-corrected chi connectivity index (χ2v) is 4.23. The lowest BCUT2D eigenvalue weighted by molar-refractivity contribution is 0.148. The number of rotatable bonds is 5.